The van der Waals surface area contributed by atoms with Gasteiger partial charge in [0.2, 0.25) is 5.91 Å². The average Bonchev–Trinajstić information content (AvgIpc) is 3.28. The van der Waals surface area contributed by atoms with Gasteiger partial charge in [-0.1, -0.05) is 0 Å². The van der Waals surface area contributed by atoms with Crippen LogP contribution < -0.4 is 5.32 Å². The van der Waals surface area contributed by atoms with Crippen molar-refractivity contribution in [2.45, 2.75) is 38.6 Å². The molecule has 1 atom stereocenters. The van der Waals surface area contributed by atoms with E-state index >= 15 is 0 Å². The van der Waals surface area contributed by atoms with Gasteiger partial charge in [-0.15, -0.1) is 0 Å². The van der Waals surface area contributed by atoms with E-state index in [1.165, 1.54) is 25.7 Å². The van der Waals surface area contributed by atoms with Crippen LogP contribution in [0, 0.1) is 11.3 Å². The van der Waals surface area contributed by atoms with Crippen molar-refractivity contribution in [1.29, 1.82) is 0 Å². The largest absolute Gasteiger partial charge is 0.378 e. The second-order valence-corrected chi connectivity index (χ2v) is 6.18. The number of rotatable bonds is 5. The third kappa shape index (κ3) is 2.54. The van der Waals surface area contributed by atoms with E-state index < -0.39 is 0 Å². The predicted octanol–water partition coefficient (Wildman–Crippen LogP) is 1.01. The van der Waals surface area contributed by atoms with Gasteiger partial charge in [0.15, 0.2) is 0 Å². The maximum atomic E-state index is 12.2. The predicted molar refractivity (Wildman–Crippen MR) is 69.3 cm³/mol. The van der Waals surface area contributed by atoms with Gasteiger partial charge in [-0.25, -0.2) is 0 Å². The Morgan fingerprint density at radius 3 is 2.61 bits per heavy atom. The van der Waals surface area contributed by atoms with Crippen LogP contribution in [0.15, 0.2) is 0 Å². The molecular formula is C14H24N2O2. The highest BCUT2D eigenvalue weighted by Gasteiger charge is 2.53. The summed E-state index contributed by atoms with van der Waals surface area (Å²) in [6.45, 7) is 5.90. The Bertz CT molecular complexity index is 318. The van der Waals surface area contributed by atoms with Gasteiger partial charge in [-0.05, 0) is 43.9 Å². The fourth-order valence-electron chi connectivity index (χ4n) is 3.09. The summed E-state index contributed by atoms with van der Waals surface area (Å²) < 4.78 is 5.28. The number of ether oxygens (including phenoxy) is 1. The zero-order valence-corrected chi connectivity index (χ0v) is 11.3. The lowest BCUT2D eigenvalue weighted by Crippen LogP contribution is -2.50. The van der Waals surface area contributed by atoms with Crippen LogP contribution in [0.1, 0.15) is 32.6 Å². The van der Waals surface area contributed by atoms with Crippen LogP contribution in [0.25, 0.3) is 0 Å². The molecule has 0 spiro atoms. The SMILES string of the molecule is CC(NCC1(C2CC2)CC1)C(=O)N1CCOCC1. The number of carbonyl (C=O) groups is 1. The van der Waals surface area contributed by atoms with Crippen LogP contribution in [0.2, 0.25) is 0 Å². The van der Waals surface area contributed by atoms with Crippen LogP contribution in [-0.4, -0.2) is 49.7 Å². The first kappa shape index (κ1) is 12.4. The summed E-state index contributed by atoms with van der Waals surface area (Å²) in [7, 11) is 0. The number of morpholine rings is 1. The van der Waals surface area contributed by atoms with Crippen molar-refractivity contribution in [1.82, 2.24) is 10.2 Å². The first-order valence-electron chi connectivity index (χ1n) is 7.31. The third-order valence-electron chi connectivity index (χ3n) is 4.79. The van der Waals surface area contributed by atoms with Gasteiger partial charge in [-0.3, -0.25) is 4.79 Å². The molecule has 0 bridgehead atoms. The fraction of sp³-hybridized carbons (Fsp3) is 0.929. The number of hydrogen-bond donors (Lipinski definition) is 1. The Hall–Kier alpha value is -0.610. The van der Waals surface area contributed by atoms with Crippen molar-refractivity contribution in [2.24, 2.45) is 11.3 Å². The summed E-state index contributed by atoms with van der Waals surface area (Å²) in [5, 5.41) is 3.47. The Balaban J connectivity index is 1.45. The molecule has 0 aromatic rings. The molecule has 102 valence electrons. The van der Waals surface area contributed by atoms with E-state index in [2.05, 4.69) is 5.32 Å². The molecule has 1 unspecified atom stereocenters. The van der Waals surface area contributed by atoms with Crippen LogP contribution >= 0.6 is 0 Å². The first-order chi connectivity index (χ1) is 8.71. The Morgan fingerprint density at radius 1 is 1.39 bits per heavy atom. The highest BCUT2D eigenvalue weighted by Crippen LogP contribution is 2.60. The maximum Gasteiger partial charge on any atom is 0.239 e. The minimum absolute atomic E-state index is 0.0423. The normalized spacial score (nSPS) is 27.9. The summed E-state index contributed by atoms with van der Waals surface area (Å²) in [5.41, 5.74) is 0.569. The van der Waals surface area contributed by atoms with Crippen LogP contribution in [0.4, 0.5) is 0 Å². The van der Waals surface area contributed by atoms with E-state index in [0.29, 0.717) is 18.6 Å². The van der Waals surface area contributed by atoms with Crippen LogP contribution in [0.3, 0.4) is 0 Å². The van der Waals surface area contributed by atoms with E-state index in [4.69, 9.17) is 4.74 Å². The lowest BCUT2D eigenvalue weighted by Gasteiger charge is -2.30. The topological polar surface area (TPSA) is 41.6 Å². The van der Waals surface area contributed by atoms with Gasteiger partial charge in [0.1, 0.15) is 0 Å². The maximum absolute atomic E-state index is 12.2. The monoisotopic (exact) mass is 252 g/mol. The molecule has 2 aliphatic carbocycles. The Morgan fingerprint density at radius 2 is 2.06 bits per heavy atom. The molecule has 18 heavy (non-hydrogen) atoms. The summed E-state index contributed by atoms with van der Waals surface area (Å²) in [5.74, 6) is 1.19. The summed E-state index contributed by atoms with van der Waals surface area (Å²) in [4.78, 5) is 14.2. The minimum atomic E-state index is -0.0423. The van der Waals surface area contributed by atoms with E-state index in [0.717, 1.165) is 25.6 Å². The number of amides is 1. The van der Waals surface area contributed by atoms with Crippen LogP contribution in [-0.2, 0) is 9.53 Å². The number of nitrogens with one attached hydrogen (secondary N) is 1. The van der Waals surface area contributed by atoms with Crippen molar-refractivity contribution in [3.8, 4) is 0 Å². The molecule has 4 nitrogen and oxygen atoms in total. The van der Waals surface area contributed by atoms with Crippen molar-refractivity contribution in [2.75, 3.05) is 32.8 Å². The van der Waals surface area contributed by atoms with Gasteiger partial charge in [0, 0.05) is 19.6 Å². The number of carbonyl (C=O) groups excluding carboxylic acids is 1. The second kappa shape index (κ2) is 4.82. The fourth-order valence-corrected chi connectivity index (χ4v) is 3.09. The van der Waals surface area contributed by atoms with Gasteiger partial charge in [0.25, 0.3) is 0 Å². The highest BCUT2D eigenvalue weighted by molar-refractivity contribution is 5.81. The molecule has 1 aliphatic heterocycles. The molecule has 1 saturated heterocycles. The standard InChI is InChI=1S/C14H24N2O2/c1-11(13(17)16-6-8-18-9-7-16)15-10-14(4-5-14)12-2-3-12/h11-12,15H,2-10H2,1H3. The van der Waals surface area contributed by atoms with E-state index in [1.807, 2.05) is 11.8 Å². The Labute approximate surface area is 109 Å². The molecule has 0 aromatic carbocycles. The van der Waals surface area contributed by atoms with E-state index in [1.54, 1.807) is 0 Å². The molecule has 1 N–H and O–H groups in total. The summed E-state index contributed by atoms with van der Waals surface area (Å²) in [6.07, 6.45) is 5.55. The third-order valence-corrected chi connectivity index (χ3v) is 4.79. The van der Waals surface area contributed by atoms with Crippen molar-refractivity contribution in [3.63, 3.8) is 0 Å². The van der Waals surface area contributed by atoms with E-state index in [-0.39, 0.29) is 11.9 Å². The molecular weight excluding hydrogens is 228 g/mol. The first-order valence-corrected chi connectivity index (χ1v) is 7.31. The van der Waals surface area contributed by atoms with Gasteiger partial charge >= 0.3 is 0 Å². The van der Waals surface area contributed by atoms with Crippen molar-refractivity contribution >= 4 is 5.91 Å². The zero-order valence-electron chi connectivity index (χ0n) is 11.3. The second-order valence-electron chi connectivity index (χ2n) is 6.18. The van der Waals surface area contributed by atoms with Crippen LogP contribution in [0.5, 0.6) is 0 Å². The molecule has 1 heterocycles. The van der Waals surface area contributed by atoms with Crippen molar-refractivity contribution in [3.05, 3.63) is 0 Å². The summed E-state index contributed by atoms with van der Waals surface area (Å²) in [6, 6.07) is -0.0423. The van der Waals surface area contributed by atoms with Crippen molar-refractivity contribution < 1.29 is 9.53 Å². The molecule has 3 aliphatic rings. The lowest BCUT2D eigenvalue weighted by atomic mass is 10.0. The molecule has 0 aromatic heterocycles. The van der Waals surface area contributed by atoms with Gasteiger partial charge in [0.05, 0.1) is 19.3 Å². The quantitative estimate of drug-likeness (QED) is 0.794. The minimum Gasteiger partial charge on any atom is -0.378 e. The molecule has 4 heteroatoms. The lowest BCUT2D eigenvalue weighted by molar-refractivity contribution is -0.137. The highest BCUT2D eigenvalue weighted by atomic mass is 16.5. The number of hydrogen-bond acceptors (Lipinski definition) is 3. The zero-order chi connectivity index (χ0) is 12.6. The average molecular weight is 252 g/mol. The Kier molecular flexibility index (Phi) is 3.32. The van der Waals surface area contributed by atoms with Gasteiger partial charge < -0.3 is 15.0 Å². The molecule has 1 amide bonds. The van der Waals surface area contributed by atoms with E-state index in [9.17, 15) is 4.79 Å². The van der Waals surface area contributed by atoms with Gasteiger partial charge in [-0.2, -0.15) is 0 Å². The molecule has 2 saturated carbocycles. The molecule has 0 radical (unpaired) electrons. The summed E-state index contributed by atoms with van der Waals surface area (Å²) >= 11 is 0. The number of nitrogens with zero attached hydrogens (tertiary/aromatic N) is 1. The smallest absolute Gasteiger partial charge is 0.239 e. The molecule has 3 rings (SSSR count). The molecule has 3 fully saturated rings.